The average molecular weight is 274 g/mol. The molecule has 0 unspecified atom stereocenters. The number of nitrogens with two attached hydrogens (primary N) is 1. The van der Waals surface area contributed by atoms with Gasteiger partial charge >= 0.3 is 0 Å². The fourth-order valence-corrected chi connectivity index (χ4v) is 1.98. The van der Waals surface area contributed by atoms with Crippen LogP contribution in [0.15, 0.2) is 24.3 Å². The van der Waals surface area contributed by atoms with Gasteiger partial charge in [-0.1, -0.05) is 12.1 Å². The number of para-hydroxylation sites is 2. The van der Waals surface area contributed by atoms with Crippen LogP contribution in [-0.4, -0.2) is 22.2 Å². The molecular formula is C14H18N4O2. The summed E-state index contributed by atoms with van der Waals surface area (Å²) in [6.45, 7) is 4.24. The molecule has 0 aliphatic heterocycles. The smallest absolute Gasteiger partial charge is 0.229 e. The van der Waals surface area contributed by atoms with E-state index in [0.29, 0.717) is 35.2 Å². The van der Waals surface area contributed by atoms with E-state index in [-0.39, 0.29) is 5.84 Å². The van der Waals surface area contributed by atoms with E-state index in [1.807, 2.05) is 25.1 Å². The minimum atomic E-state index is -0.0699. The van der Waals surface area contributed by atoms with Crippen LogP contribution in [-0.2, 0) is 7.05 Å². The first-order valence-electron chi connectivity index (χ1n) is 6.32. The summed E-state index contributed by atoms with van der Waals surface area (Å²) >= 11 is 0. The first kappa shape index (κ1) is 13.9. The molecule has 1 aromatic carbocycles. The predicted molar refractivity (Wildman–Crippen MR) is 76.6 cm³/mol. The summed E-state index contributed by atoms with van der Waals surface area (Å²) in [5, 5.41) is 11.9. The minimum absolute atomic E-state index is 0.0699. The number of nitrogens with zero attached hydrogens (tertiary/aromatic N) is 2. The predicted octanol–water partition coefficient (Wildman–Crippen LogP) is 2.20. The molecule has 2 rings (SSSR count). The molecule has 0 amide bonds. The monoisotopic (exact) mass is 274 g/mol. The largest absolute Gasteiger partial charge is 0.490 e. The Morgan fingerprint density at radius 3 is 2.60 bits per heavy atom. The van der Waals surface area contributed by atoms with E-state index in [0.717, 1.165) is 0 Å². The van der Waals surface area contributed by atoms with E-state index < -0.39 is 0 Å². The number of ether oxygens (including phenoxy) is 2. The quantitative estimate of drug-likeness (QED) is 0.646. The second kappa shape index (κ2) is 5.64. The lowest BCUT2D eigenvalue weighted by atomic mass is 10.2. The highest BCUT2D eigenvalue weighted by atomic mass is 16.5. The van der Waals surface area contributed by atoms with E-state index in [4.69, 9.17) is 20.6 Å². The normalized spacial score (nSPS) is 10.3. The number of nitrogens with one attached hydrogen (secondary N) is 1. The van der Waals surface area contributed by atoms with Gasteiger partial charge in [0.15, 0.2) is 11.5 Å². The summed E-state index contributed by atoms with van der Waals surface area (Å²) in [5.41, 5.74) is 6.75. The van der Waals surface area contributed by atoms with Gasteiger partial charge in [-0.05, 0) is 26.0 Å². The Bertz CT molecular complexity index is 634. The van der Waals surface area contributed by atoms with Gasteiger partial charge < -0.3 is 15.2 Å². The maximum atomic E-state index is 7.64. The van der Waals surface area contributed by atoms with Crippen molar-refractivity contribution in [1.29, 1.82) is 5.41 Å². The average Bonchev–Trinajstić information content (AvgIpc) is 2.67. The lowest BCUT2D eigenvalue weighted by Crippen LogP contribution is -2.13. The minimum Gasteiger partial charge on any atom is -0.490 e. The van der Waals surface area contributed by atoms with Crippen LogP contribution in [0.5, 0.6) is 17.4 Å². The first-order valence-corrected chi connectivity index (χ1v) is 6.32. The number of benzene rings is 1. The van der Waals surface area contributed by atoms with Crippen LogP contribution in [0.2, 0.25) is 0 Å². The van der Waals surface area contributed by atoms with Crippen molar-refractivity contribution < 1.29 is 9.47 Å². The fraction of sp³-hybridized carbons (Fsp3) is 0.286. The van der Waals surface area contributed by atoms with Gasteiger partial charge in [0.25, 0.3) is 0 Å². The number of hydrogen-bond donors (Lipinski definition) is 2. The standard InChI is InChI=1S/C14H18N4O2/c1-4-19-10-7-5-6-8-11(10)20-14-12(13(15)16)9(2)17-18(14)3/h5-8H,4H2,1-3H3,(H3,15,16). The third kappa shape index (κ3) is 2.59. The molecule has 0 aliphatic rings. The van der Waals surface area contributed by atoms with Crippen LogP contribution in [0.25, 0.3) is 0 Å². The SMILES string of the molecule is CCOc1ccccc1Oc1c(C(=N)N)c(C)nn1C. The van der Waals surface area contributed by atoms with E-state index >= 15 is 0 Å². The van der Waals surface area contributed by atoms with Gasteiger partial charge in [-0.3, -0.25) is 5.41 Å². The Hall–Kier alpha value is -2.50. The molecule has 0 fully saturated rings. The summed E-state index contributed by atoms with van der Waals surface area (Å²) in [5.74, 6) is 1.57. The first-order chi connectivity index (χ1) is 9.54. The summed E-state index contributed by atoms with van der Waals surface area (Å²) in [6.07, 6.45) is 0. The van der Waals surface area contributed by atoms with E-state index in [1.54, 1.807) is 24.7 Å². The molecule has 0 radical (unpaired) electrons. The van der Waals surface area contributed by atoms with Crippen LogP contribution < -0.4 is 15.2 Å². The van der Waals surface area contributed by atoms with Gasteiger partial charge in [-0.15, -0.1) is 0 Å². The van der Waals surface area contributed by atoms with E-state index in [1.165, 1.54) is 0 Å². The molecule has 1 heterocycles. The number of rotatable bonds is 5. The van der Waals surface area contributed by atoms with Crippen molar-refractivity contribution in [3.63, 3.8) is 0 Å². The maximum Gasteiger partial charge on any atom is 0.229 e. The molecule has 1 aromatic heterocycles. The summed E-state index contributed by atoms with van der Waals surface area (Å²) < 4.78 is 12.9. The molecule has 0 saturated heterocycles. The Labute approximate surface area is 117 Å². The van der Waals surface area contributed by atoms with Crippen LogP contribution in [0.3, 0.4) is 0 Å². The molecule has 0 bridgehead atoms. The van der Waals surface area contributed by atoms with Gasteiger partial charge in [-0.25, -0.2) is 4.68 Å². The molecule has 2 aromatic rings. The zero-order valence-electron chi connectivity index (χ0n) is 11.8. The molecule has 0 spiro atoms. The maximum absolute atomic E-state index is 7.64. The Morgan fingerprint density at radius 2 is 2.00 bits per heavy atom. The third-order valence-corrected chi connectivity index (χ3v) is 2.79. The van der Waals surface area contributed by atoms with E-state index in [9.17, 15) is 0 Å². The highest BCUT2D eigenvalue weighted by Gasteiger charge is 2.19. The van der Waals surface area contributed by atoms with Crippen molar-refractivity contribution in [2.24, 2.45) is 12.8 Å². The van der Waals surface area contributed by atoms with Gasteiger partial charge in [0.1, 0.15) is 11.4 Å². The lowest BCUT2D eigenvalue weighted by Gasteiger charge is -2.12. The number of amidine groups is 1. The Kier molecular flexibility index (Phi) is 3.93. The summed E-state index contributed by atoms with van der Waals surface area (Å²) in [6, 6.07) is 7.36. The number of hydrogen-bond acceptors (Lipinski definition) is 4. The molecule has 0 aliphatic carbocycles. The van der Waals surface area contributed by atoms with Crippen molar-refractivity contribution in [2.75, 3.05) is 6.61 Å². The lowest BCUT2D eigenvalue weighted by molar-refractivity contribution is 0.316. The highest BCUT2D eigenvalue weighted by Crippen LogP contribution is 2.33. The molecule has 3 N–H and O–H groups in total. The topological polar surface area (TPSA) is 86.2 Å². The van der Waals surface area contributed by atoms with Crippen molar-refractivity contribution in [2.45, 2.75) is 13.8 Å². The highest BCUT2D eigenvalue weighted by molar-refractivity contribution is 5.98. The Balaban J connectivity index is 2.43. The van der Waals surface area contributed by atoms with Gasteiger partial charge in [0.05, 0.1) is 12.3 Å². The van der Waals surface area contributed by atoms with Crippen LogP contribution in [0.1, 0.15) is 18.2 Å². The summed E-state index contributed by atoms with van der Waals surface area (Å²) in [7, 11) is 1.75. The van der Waals surface area contributed by atoms with Crippen LogP contribution in [0, 0.1) is 12.3 Å². The number of aryl methyl sites for hydroxylation is 2. The van der Waals surface area contributed by atoms with E-state index in [2.05, 4.69) is 5.10 Å². The zero-order chi connectivity index (χ0) is 14.7. The summed E-state index contributed by atoms with van der Waals surface area (Å²) in [4.78, 5) is 0. The van der Waals surface area contributed by atoms with Gasteiger partial charge in [0, 0.05) is 7.05 Å². The molecule has 6 heteroatoms. The van der Waals surface area contributed by atoms with Gasteiger partial charge in [-0.2, -0.15) is 5.10 Å². The molecule has 6 nitrogen and oxygen atoms in total. The fourth-order valence-electron chi connectivity index (χ4n) is 1.98. The van der Waals surface area contributed by atoms with Crippen LogP contribution >= 0.6 is 0 Å². The second-order valence-corrected chi connectivity index (χ2v) is 4.28. The van der Waals surface area contributed by atoms with Gasteiger partial charge in [0.2, 0.25) is 5.88 Å². The third-order valence-electron chi connectivity index (χ3n) is 2.79. The van der Waals surface area contributed by atoms with Crippen molar-refractivity contribution in [1.82, 2.24) is 9.78 Å². The van der Waals surface area contributed by atoms with Crippen molar-refractivity contribution >= 4 is 5.84 Å². The number of aromatic nitrogens is 2. The Morgan fingerprint density at radius 1 is 1.35 bits per heavy atom. The molecule has 0 atom stereocenters. The van der Waals surface area contributed by atoms with Crippen molar-refractivity contribution in [3.05, 3.63) is 35.5 Å². The molecule has 20 heavy (non-hydrogen) atoms. The second-order valence-electron chi connectivity index (χ2n) is 4.28. The van der Waals surface area contributed by atoms with Crippen LogP contribution in [0.4, 0.5) is 0 Å². The molecule has 0 saturated carbocycles. The van der Waals surface area contributed by atoms with Crippen molar-refractivity contribution in [3.8, 4) is 17.4 Å². The number of nitrogen functional groups attached to an aromatic ring is 1. The zero-order valence-corrected chi connectivity index (χ0v) is 11.8. The molecular weight excluding hydrogens is 256 g/mol. The molecule has 106 valence electrons.